The molecule has 6 heteroatoms. The Morgan fingerprint density at radius 2 is 2.15 bits per heavy atom. The van der Waals surface area contributed by atoms with Gasteiger partial charge in [0, 0.05) is 35.6 Å². The molecule has 3 aromatic heterocycles. The molecule has 0 aliphatic rings. The predicted octanol–water partition coefficient (Wildman–Crippen LogP) is 3.08. The van der Waals surface area contributed by atoms with Crippen LogP contribution in [0.2, 0.25) is 0 Å². The van der Waals surface area contributed by atoms with Gasteiger partial charge in [-0.05, 0) is 43.2 Å². The Morgan fingerprint density at radius 1 is 1.27 bits per heavy atom. The van der Waals surface area contributed by atoms with Gasteiger partial charge in [-0.25, -0.2) is 9.50 Å². The van der Waals surface area contributed by atoms with Crippen molar-refractivity contribution in [2.45, 2.75) is 26.8 Å². The molecule has 4 rings (SSSR count). The summed E-state index contributed by atoms with van der Waals surface area (Å²) in [6, 6.07) is 9.74. The first kappa shape index (κ1) is 16.2. The van der Waals surface area contributed by atoms with E-state index in [9.17, 15) is 4.79 Å². The second kappa shape index (κ2) is 6.55. The molecule has 1 aromatic carbocycles. The van der Waals surface area contributed by atoms with Crippen molar-refractivity contribution in [2.24, 2.45) is 0 Å². The van der Waals surface area contributed by atoms with Gasteiger partial charge in [-0.15, -0.1) is 0 Å². The van der Waals surface area contributed by atoms with Crippen molar-refractivity contribution in [3.63, 3.8) is 0 Å². The summed E-state index contributed by atoms with van der Waals surface area (Å²) in [7, 11) is 0. The largest absolute Gasteiger partial charge is 0.348 e. The minimum Gasteiger partial charge on any atom is -0.348 e. The van der Waals surface area contributed by atoms with Crippen molar-refractivity contribution in [2.75, 3.05) is 0 Å². The molecule has 0 radical (unpaired) electrons. The Morgan fingerprint density at radius 3 is 3.00 bits per heavy atom. The molecule has 130 valence electrons. The van der Waals surface area contributed by atoms with Gasteiger partial charge in [0.1, 0.15) is 0 Å². The van der Waals surface area contributed by atoms with E-state index in [0.717, 1.165) is 34.2 Å². The summed E-state index contributed by atoms with van der Waals surface area (Å²) in [6.07, 6.45) is 6.20. The van der Waals surface area contributed by atoms with Crippen LogP contribution >= 0.6 is 0 Å². The van der Waals surface area contributed by atoms with Crippen LogP contribution in [0.25, 0.3) is 16.6 Å². The molecule has 0 aliphatic heterocycles. The average molecular weight is 345 g/mol. The molecule has 4 aromatic rings. The van der Waals surface area contributed by atoms with Crippen LogP contribution in [-0.4, -0.2) is 25.5 Å². The molecular formula is C20H19N5O. The van der Waals surface area contributed by atoms with Crippen molar-refractivity contribution in [1.82, 2.24) is 24.9 Å². The molecule has 1 amide bonds. The fraction of sp³-hybridized carbons (Fsp3) is 0.200. The van der Waals surface area contributed by atoms with Crippen LogP contribution in [0.3, 0.4) is 0 Å². The molecule has 3 heterocycles. The lowest BCUT2D eigenvalue weighted by atomic mass is 10.0. The Hall–Kier alpha value is -3.28. The van der Waals surface area contributed by atoms with Gasteiger partial charge < -0.3 is 5.32 Å². The Bertz CT molecular complexity index is 1120. The highest BCUT2D eigenvalue weighted by Crippen LogP contribution is 2.21. The molecule has 0 spiro atoms. The number of aryl methyl sites for hydroxylation is 2. The first-order chi connectivity index (χ1) is 12.7. The number of nitrogens with one attached hydrogen (secondary N) is 1. The van der Waals surface area contributed by atoms with E-state index < -0.39 is 0 Å². The summed E-state index contributed by atoms with van der Waals surface area (Å²) in [5.74, 6) is -0.121. The van der Waals surface area contributed by atoms with E-state index in [2.05, 4.69) is 33.4 Å². The van der Waals surface area contributed by atoms with Gasteiger partial charge >= 0.3 is 0 Å². The van der Waals surface area contributed by atoms with Crippen LogP contribution in [0.5, 0.6) is 0 Å². The van der Waals surface area contributed by atoms with Gasteiger partial charge in [0.2, 0.25) is 0 Å². The molecule has 1 N–H and O–H groups in total. The number of benzene rings is 1. The van der Waals surface area contributed by atoms with Crippen molar-refractivity contribution < 1.29 is 4.79 Å². The second-order valence-corrected chi connectivity index (χ2v) is 6.26. The number of rotatable bonds is 4. The van der Waals surface area contributed by atoms with Crippen LogP contribution in [0, 0.1) is 6.92 Å². The second-order valence-electron chi connectivity index (χ2n) is 6.26. The normalized spacial score (nSPS) is 11.2. The third-order valence-corrected chi connectivity index (χ3v) is 4.45. The monoisotopic (exact) mass is 345 g/mol. The molecule has 0 atom stereocenters. The topological polar surface area (TPSA) is 72.2 Å². The lowest BCUT2D eigenvalue weighted by molar-refractivity contribution is 0.0952. The number of carbonyl (C=O) groups excluding carboxylic acids is 1. The van der Waals surface area contributed by atoms with E-state index in [1.807, 2.05) is 37.4 Å². The van der Waals surface area contributed by atoms with E-state index in [0.29, 0.717) is 12.1 Å². The van der Waals surface area contributed by atoms with E-state index in [4.69, 9.17) is 0 Å². The van der Waals surface area contributed by atoms with Crippen LogP contribution in [-0.2, 0) is 13.0 Å². The molecule has 0 saturated carbocycles. The van der Waals surface area contributed by atoms with E-state index in [1.165, 1.54) is 5.56 Å². The van der Waals surface area contributed by atoms with E-state index >= 15 is 0 Å². The quantitative estimate of drug-likeness (QED) is 0.617. The van der Waals surface area contributed by atoms with Gasteiger partial charge in [0.25, 0.3) is 5.91 Å². The molecular weight excluding hydrogens is 326 g/mol. The Balaban J connectivity index is 1.65. The number of aromatic nitrogens is 4. The predicted molar refractivity (Wildman–Crippen MR) is 100 cm³/mol. The average Bonchev–Trinajstić information content (AvgIpc) is 3.08. The number of fused-ring (bicyclic) bond motifs is 2. The summed E-state index contributed by atoms with van der Waals surface area (Å²) in [6.45, 7) is 4.37. The molecule has 26 heavy (non-hydrogen) atoms. The number of pyridine rings is 1. The zero-order valence-corrected chi connectivity index (χ0v) is 14.7. The fourth-order valence-electron chi connectivity index (χ4n) is 3.08. The Labute approximate surface area is 150 Å². The molecule has 0 aliphatic carbocycles. The fourth-order valence-corrected chi connectivity index (χ4v) is 3.08. The summed E-state index contributed by atoms with van der Waals surface area (Å²) in [4.78, 5) is 21.7. The summed E-state index contributed by atoms with van der Waals surface area (Å²) >= 11 is 0. The van der Waals surface area contributed by atoms with Crippen molar-refractivity contribution in [3.8, 4) is 0 Å². The van der Waals surface area contributed by atoms with Gasteiger partial charge in [0.05, 0.1) is 17.3 Å². The minimum atomic E-state index is -0.121. The maximum atomic E-state index is 12.9. The lowest BCUT2D eigenvalue weighted by Gasteiger charge is -2.10. The lowest BCUT2D eigenvalue weighted by Crippen LogP contribution is -2.23. The smallest absolute Gasteiger partial charge is 0.252 e. The molecule has 0 unspecified atom stereocenters. The standard InChI is InChI=1S/C20H19N5O/c1-3-14-5-6-18-16(10-14)17(9-13(2)24-18)20(26)22-11-15-12-23-25-8-4-7-21-19(15)25/h4-10,12H,3,11H2,1-2H3,(H,22,26). The maximum Gasteiger partial charge on any atom is 0.252 e. The maximum absolute atomic E-state index is 12.9. The van der Waals surface area contributed by atoms with E-state index in [-0.39, 0.29) is 5.91 Å². The van der Waals surface area contributed by atoms with Gasteiger partial charge in [-0.1, -0.05) is 13.0 Å². The highest BCUT2D eigenvalue weighted by molar-refractivity contribution is 6.06. The number of hydrogen-bond acceptors (Lipinski definition) is 4. The van der Waals surface area contributed by atoms with E-state index in [1.54, 1.807) is 16.9 Å². The summed E-state index contributed by atoms with van der Waals surface area (Å²) in [5.41, 5.74) is 5.12. The molecule has 0 fully saturated rings. The minimum absolute atomic E-state index is 0.121. The van der Waals surface area contributed by atoms with Gasteiger partial charge in [0.15, 0.2) is 5.65 Å². The van der Waals surface area contributed by atoms with Crippen LogP contribution in [0.15, 0.2) is 48.9 Å². The van der Waals surface area contributed by atoms with Crippen molar-refractivity contribution >= 4 is 22.5 Å². The molecule has 0 bridgehead atoms. The summed E-state index contributed by atoms with van der Waals surface area (Å²) < 4.78 is 1.70. The Kier molecular flexibility index (Phi) is 4.08. The number of hydrogen-bond donors (Lipinski definition) is 1. The number of carbonyl (C=O) groups is 1. The van der Waals surface area contributed by atoms with Crippen molar-refractivity contribution in [3.05, 3.63) is 71.3 Å². The molecule has 6 nitrogen and oxygen atoms in total. The third-order valence-electron chi connectivity index (χ3n) is 4.45. The van der Waals surface area contributed by atoms with Crippen LogP contribution < -0.4 is 5.32 Å². The van der Waals surface area contributed by atoms with Gasteiger partial charge in [-0.3, -0.25) is 9.78 Å². The third kappa shape index (κ3) is 2.90. The van der Waals surface area contributed by atoms with Crippen LogP contribution in [0.4, 0.5) is 0 Å². The zero-order chi connectivity index (χ0) is 18.1. The highest BCUT2D eigenvalue weighted by atomic mass is 16.1. The van der Waals surface area contributed by atoms with Crippen molar-refractivity contribution in [1.29, 1.82) is 0 Å². The summed E-state index contributed by atoms with van der Waals surface area (Å²) in [5, 5.41) is 8.12. The molecule has 0 saturated heterocycles. The van der Waals surface area contributed by atoms with Gasteiger partial charge in [-0.2, -0.15) is 5.10 Å². The first-order valence-electron chi connectivity index (χ1n) is 8.61. The van der Waals surface area contributed by atoms with Crippen LogP contribution in [0.1, 0.15) is 34.1 Å². The SMILES string of the molecule is CCc1ccc2nc(C)cc(C(=O)NCc3cnn4cccnc34)c2c1. The number of amides is 1. The highest BCUT2D eigenvalue weighted by Gasteiger charge is 2.14. The zero-order valence-electron chi connectivity index (χ0n) is 14.7. The number of nitrogens with zero attached hydrogens (tertiary/aromatic N) is 4. The first-order valence-corrected chi connectivity index (χ1v) is 8.61.